The van der Waals surface area contributed by atoms with Gasteiger partial charge >= 0.3 is 0 Å². The van der Waals surface area contributed by atoms with Crippen molar-refractivity contribution >= 4 is 10.2 Å². The molecule has 1 aliphatic carbocycles. The summed E-state index contributed by atoms with van der Waals surface area (Å²) in [6, 6.07) is 0.0761. The summed E-state index contributed by atoms with van der Waals surface area (Å²) >= 11 is 0. The summed E-state index contributed by atoms with van der Waals surface area (Å²) < 4.78 is 28.6. The summed E-state index contributed by atoms with van der Waals surface area (Å²) in [5.41, 5.74) is 5.60. The molecule has 0 radical (unpaired) electrons. The SMILES string of the molecule is CC(NS(=O)(=O)N1CCC(CN)CC1)C1CC1. The van der Waals surface area contributed by atoms with E-state index in [4.69, 9.17) is 5.73 Å². The molecule has 1 unspecified atom stereocenters. The Hall–Kier alpha value is -0.170. The normalized spacial score (nSPS) is 26.0. The van der Waals surface area contributed by atoms with E-state index in [1.165, 1.54) is 0 Å². The van der Waals surface area contributed by atoms with Crippen LogP contribution in [0.3, 0.4) is 0 Å². The molecule has 1 heterocycles. The molecule has 0 spiro atoms. The second-order valence-electron chi connectivity index (χ2n) is 5.33. The molecule has 17 heavy (non-hydrogen) atoms. The van der Waals surface area contributed by atoms with Gasteiger partial charge < -0.3 is 5.73 Å². The van der Waals surface area contributed by atoms with Crippen LogP contribution < -0.4 is 10.5 Å². The molecule has 0 amide bonds. The number of nitrogens with zero attached hydrogens (tertiary/aromatic N) is 1. The van der Waals surface area contributed by atoms with Crippen molar-refractivity contribution in [2.75, 3.05) is 19.6 Å². The molecule has 3 N–H and O–H groups in total. The highest BCUT2D eigenvalue weighted by Crippen LogP contribution is 2.32. The molecule has 2 fully saturated rings. The quantitative estimate of drug-likeness (QED) is 0.747. The zero-order chi connectivity index (χ0) is 12.5. The zero-order valence-corrected chi connectivity index (χ0v) is 11.2. The number of nitrogens with one attached hydrogen (secondary N) is 1. The number of hydrogen-bond donors (Lipinski definition) is 2. The van der Waals surface area contributed by atoms with E-state index >= 15 is 0 Å². The van der Waals surface area contributed by atoms with Crippen LogP contribution in [0.1, 0.15) is 32.6 Å². The predicted octanol–water partition coefficient (Wildman–Crippen LogP) is 0.290. The largest absolute Gasteiger partial charge is 0.330 e. The third-order valence-corrected chi connectivity index (χ3v) is 5.63. The smallest absolute Gasteiger partial charge is 0.279 e. The summed E-state index contributed by atoms with van der Waals surface area (Å²) in [7, 11) is -3.28. The van der Waals surface area contributed by atoms with Crippen LogP contribution in [0.2, 0.25) is 0 Å². The van der Waals surface area contributed by atoms with Crippen molar-refractivity contribution in [1.82, 2.24) is 9.03 Å². The Morgan fingerprint density at radius 3 is 2.35 bits per heavy atom. The van der Waals surface area contributed by atoms with Gasteiger partial charge in [0.1, 0.15) is 0 Å². The molecule has 0 bridgehead atoms. The van der Waals surface area contributed by atoms with Gasteiger partial charge in [0.25, 0.3) is 10.2 Å². The maximum atomic E-state index is 12.1. The fourth-order valence-electron chi connectivity index (χ4n) is 2.39. The molecule has 1 atom stereocenters. The van der Waals surface area contributed by atoms with Crippen molar-refractivity contribution in [3.8, 4) is 0 Å². The van der Waals surface area contributed by atoms with Gasteiger partial charge in [-0.1, -0.05) is 0 Å². The van der Waals surface area contributed by atoms with E-state index in [0.717, 1.165) is 25.7 Å². The number of rotatable bonds is 5. The average Bonchev–Trinajstić information content (AvgIpc) is 3.12. The van der Waals surface area contributed by atoms with Gasteiger partial charge in [-0.25, -0.2) is 0 Å². The Balaban J connectivity index is 1.87. The number of piperidine rings is 1. The third-order valence-electron chi connectivity index (χ3n) is 3.91. The summed E-state index contributed by atoms with van der Waals surface area (Å²) in [4.78, 5) is 0. The molecular weight excluding hydrogens is 238 g/mol. The highest BCUT2D eigenvalue weighted by molar-refractivity contribution is 7.87. The lowest BCUT2D eigenvalue weighted by molar-refractivity contribution is 0.274. The van der Waals surface area contributed by atoms with E-state index in [-0.39, 0.29) is 6.04 Å². The number of nitrogens with two attached hydrogens (primary N) is 1. The Bertz CT molecular complexity index is 346. The molecule has 0 aromatic rings. The average molecular weight is 261 g/mol. The van der Waals surface area contributed by atoms with Gasteiger partial charge in [-0.15, -0.1) is 0 Å². The highest BCUT2D eigenvalue weighted by Gasteiger charge is 2.34. The Morgan fingerprint density at radius 2 is 1.88 bits per heavy atom. The Labute approximate surface area is 104 Å². The van der Waals surface area contributed by atoms with Crippen molar-refractivity contribution in [2.45, 2.75) is 38.6 Å². The summed E-state index contributed by atoms with van der Waals surface area (Å²) in [5.74, 6) is 1.04. The fourth-order valence-corrected chi connectivity index (χ4v) is 3.89. The van der Waals surface area contributed by atoms with Crippen LogP contribution in [0, 0.1) is 11.8 Å². The minimum atomic E-state index is -3.28. The van der Waals surface area contributed by atoms with Crippen LogP contribution >= 0.6 is 0 Å². The minimum absolute atomic E-state index is 0.0761. The van der Waals surface area contributed by atoms with Gasteiger partial charge in [0.15, 0.2) is 0 Å². The van der Waals surface area contributed by atoms with E-state index in [0.29, 0.717) is 31.5 Å². The molecule has 100 valence electrons. The van der Waals surface area contributed by atoms with Crippen LogP contribution in [-0.4, -0.2) is 38.4 Å². The van der Waals surface area contributed by atoms with Crippen LogP contribution in [0.4, 0.5) is 0 Å². The maximum Gasteiger partial charge on any atom is 0.279 e. The van der Waals surface area contributed by atoms with Gasteiger partial charge in [-0.2, -0.15) is 17.4 Å². The standard InChI is InChI=1S/C11H23N3O2S/c1-9(11-2-3-11)13-17(15,16)14-6-4-10(8-12)5-7-14/h9-11,13H,2-8,12H2,1H3. The molecule has 1 saturated heterocycles. The lowest BCUT2D eigenvalue weighted by Gasteiger charge is -2.31. The molecule has 6 heteroatoms. The monoisotopic (exact) mass is 261 g/mol. The van der Waals surface area contributed by atoms with E-state index < -0.39 is 10.2 Å². The van der Waals surface area contributed by atoms with Crippen molar-refractivity contribution < 1.29 is 8.42 Å². The molecule has 2 rings (SSSR count). The van der Waals surface area contributed by atoms with Crippen molar-refractivity contribution in [3.63, 3.8) is 0 Å². The van der Waals surface area contributed by atoms with Gasteiger partial charge in [0.2, 0.25) is 0 Å². The first kappa shape index (κ1) is 13.3. The first-order valence-corrected chi connectivity index (χ1v) is 7.94. The molecule has 0 aromatic heterocycles. The van der Waals surface area contributed by atoms with Gasteiger partial charge in [0.05, 0.1) is 0 Å². The van der Waals surface area contributed by atoms with Crippen molar-refractivity contribution in [2.24, 2.45) is 17.6 Å². The lowest BCUT2D eigenvalue weighted by atomic mass is 9.99. The second kappa shape index (κ2) is 5.22. The first-order chi connectivity index (χ1) is 8.03. The van der Waals surface area contributed by atoms with Crippen LogP contribution in [0.25, 0.3) is 0 Å². The topological polar surface area (TPSA) is 75.4 Å². The van der Waals surface area contributed by atoms with Crippen molar-refractivity contribution in [1.29, 1.82) is 0 Å². The lowest BCUT2D eigenvalue weighted by Crippen LogP contribution is -2.48. The molecule has 0 aromatic carbocycles. The predicted molar refractivity (Wildman–Crippen MR) is 67.6 cm³/mol. The van der Waals surface area contributed by atoms with Crippen LogP contribution in [-0.2, 0) is 10.2 Å². The van der Waals surface area contributed by atoms with Gasteiger partial charge in [0, 0.05) is 19.1 Å². The van der Waals surface area contributed by atoms with E-state index in [1.807, 2.05) is 6.92 Å². The first-order valence-electron chi connectivity index (χ1n) is 6.50. The highest BCUT2D eigenvalue weighted by atomic mass is 32.2. The summed E-state index contributed by atoms with van der Waals surface area (Å²) in [6.07, 6.45) is 4.07. The Kier molecular flexibility index (Phi) is 4.07. The minimum Gasteiger partial charge on any atom is -0.330 e. The van der Waals surface area contributed by atoms with Crippen LogP contribution in [0.15, 0.2) is 0 Å². The molecule has 5 nitrogen and oxygen atoms in total. The van der Waals surface area contributed by atoms with Crippen LogP contribution in [0.5, 0.6) is 0 Å². The second-order valence-corrected chi connectivity index (χ2v) is 7.03. The van der Waals surface area contributed by atoms with E-state index in [1.54, 1.807) is 4.31 Å². The maximum absolute atomic E-state index is 12.1. The summed E-state index contributed by atoms with van der Waals surface area (Å²) in [6.45, 7) is 3.84. The molecule has 2 aliphatic rings. The van der Waals surface area contributed by atoms with Gasteiger partial charge in [-0.3, -0.25) is 0 Å². The third kappa shape index (κ3) is 3.40. The summed E-state index contributed by atoms with van der Waals surface area (Å²) in [5, 5.41) is 0. The molecule has 1 saturated carbocycles. The fraction of sp³-hybridized carbons (Fsp3) is 1.00. The van der Waals surface area contributed by atoms with E-state index in [9.17, 15) is 8.42 Å². The Morgan fingerprint density at radius 1 is 1.29 bits per heavy atom. The molecule has 1 aliphatic heterocycles. The van der Waals surface area contributed by atoms with E-state index in [2.05, 4.69) is 4.72 Å². The van der Waals surface area contributed by atoms with Crippen molar-refractivity contribution in [3.05, 3.63) is 0 Å². The zero-order valence-electron chi connectivity index (χ0n) is 10.4. The molecular formula is C11H23N3O2S. The van der Waals surface area contributed by atoms with Gasteiger partial charge in [-0.05, 0) is 51.0 Å². The number of hydrogen-bond acceptors (Lipinski definition) is 3.